The molecule has 1 aromatic carbocycles. The molecule has 0 heterocycles. The quantitative estimate of drug-likeness (QED) is 0.839. The molecule has 100 valence electrons. The zero-order chi connectivity index (χ0) is 14.1. The van der Waals surface area contributed by atoms with Gasteiger partial charge in [0.25, 0.3) is 0 Å². The third-order valence-corrected chi connectivity index (χ3v) is 3.87. The normalized spacial score (nSPS) is 13.4. The van der Waals surface area contributed by atoms with Crippen molar-refractivity contribution in [1.29, 1.82) is 0 Å². The molecule has 4 nitrogen and oxygen atoms in total. The maximum atomic E-state index is 11.3. The van der Waals surface area contributed by atoms with Gasteiger partial charge in [0.1, 0.15) is 0 Å². The lowest BCUT2D eigenvalue weighted by Crippen LogP contribution is -2.26. The molecule has 0 fully saturated rings. The molecule has 0 aromatic heterocycles. The predicted octanol–water partition coefficient (Wildman–Crippen LogP) is 2.33. The van der Waals surface area contributed by atoms with Gasteiger partial charge in [-0.05, 0) is 37.1 Å². The van der Waals surface area contributed by atoms with E-state index in [9.17, 15) is 13.2 Å². The van der Waals surface area contributed by atoms with Crippen molar-refractivity contribution < 1.29 is 13.2 Å². The van der Waals surface area contributed by atoms with Crippen LogP contribution in [0.5, 0.6) is 0 Å². The van der Waals surface area contributed by atoms with Crippen LogP contribution < -0.4 is 4.72 Å². The van der Waals surface area contributed by atoms with Gasteiger partial charge in [-0.25, -0.2) is 13.1 Å². The van der Waals surface area contributed by atoms with Crippen LogP contribution in [0.3, 0.4) is 0 Å². The molecule has 7 heteroatoms. The van der Waals surface area contributed by atoms with Crippen LogP contribution in [0.2, 0.25) is 5.02 Å². The maximum absolute atomic E-state index is 11.3. The fourth-order valence-corrected chi connectivity index (χ4v) is 3.21. The molecular weight excluding hydrogens is 294 g/mol. The van der Waals surface area contributed by atoms with Gasteiger partial charge in [0, 0.05) is 16.6 Å². The first-order chi connectivity index (χ1) is 8.13. The van der Waals surface area contributed by atoms with E-state index in [-0.39, 0.29) is 5.12 Å². The summed E-state index contributed by atoms with van der Waals surface area (Å²) in [5, 5.41) is 0.0338. The van der Waals surface area contributed by atoms with Crippen molar-refractivity contribution >= 4 is 39.4 Å². The van der Waals surface area contributed by atoms with Gasteiger partial charge in [0.15, 0.2) is 0 Å². The van der Waals surface area contributed by atoms with Gasteiger partial charge >= 0.3 is 0 Å². The summed E-state index contributed by atoms with van der Waals surface area (Å²) in [7, 11) is -3.35. The Bertz CT molecular complexity index is 584. The highest BCUT2D eigenvalue weighted by Crippen LogP contribution is 2.29. The number of hydrogen-bond acceptors (Lipinski definition) is 3. The van der Waals surface area contributed by atoms with Crippen molar-refractivity contribution in [2.75, 3.05) is 6.26 Å². The van der Waals surface area contributed by atoms with Gasteiger partial charge in [-0.3, -0.25) is 4.79 Å². The number of rotatable bonds is 4. The van der Waals surface area contributed by atoms with Crippen molar-refractivity contribution in [2.45, 2.75) is 19.9 Å². The lowest BCUT2D eigenvalue weighted by Gasteiger charge is -2.18. The van der Waals surface area contributed by atoms with Crippen LogP contribution in [0, 0.1) is 6.92 Å². The van der Waals surface area contributed by atoms with E-state index in [1.807, 2.05) is 0 Å². The third kappa shape index (κ3) is 3.71. The molecule has 0 aliphatic heterocycles. The number of carbonyl (C=O) groups is 1. The first-order valence-electron chi connectivity index (χ1n) is 5.13. The van der Waals surface area contributed by atoms with Crippen LogP contribution in [0.1, 0.15) is 34.5 Å². The number of thiol groups is 1. The maximum Gasteiger partial charge on any atom is 0.216 e. The van der Waals surface area contributed by atoms with E-state index in [1.54, 1.807) is 26.0 Å². The molecule has 0 bridgehead atoms. The standard InChI is InChI=1S/C11H14ClNO3S2/c1-6-8(11(14)17)4-5-9(12)10(6)7(2)13-18(3,15)16/h4-5,7,13H,1-3H3,(H,14,17). The molecule has 1 atom stereocenters. The molecule has 0 radical (unpaired) electrons. The smallest absolute Gasteiger partial charge is 0.216 e. The summed E-state index contributed by atoms with van der Waals surface area (Å²) >= 11 is 9.83. The Kier molecular flexibility index (Phi) is 4.83. The average Bonchev–Trinajstić information content (AvgIpc) is 2.13. The second-order valence-electron chi connectivity index (χ2n) is 4.05. The van der Waals surface area contributed by atoms with Gasteiger partial charge in [0.2, 0.25) is 15.1 Å². The molecule has 1 N–H and O–H groups in total. The molecule has 0 aliphatic rings. The summed E-state index contributed by atoms with van der Waals surface area (Å²) in [4.78, 5) is 11.3. The van der Waals surface area contributed by atoms with Gasteiger partial charge in [-0.15, -0.1) is 12.6 Å². The summed E-state index contributed by atoms with van der Waals surface area (Å²) in [6.45, 7) is 3.38. The van der Waals surface area contributed by atoms with Crippen molar-refractivity contribution in [3.8, 4) is 0 Å². The number of hydrogen-bond donors (Lipinski definition) is 2. The lowest BCUT2D eigenvalue weighted by molar-refractivity contribution is 0.109. The molecule has 18 heavy (non-hydrogen) atoms. The van der Waals surface area contributed by atoms with E-state index < -0.39 is 16.1 Å². The Morgan fingerprint density at radius 1 is 1.44 bits per heavy atom. The van der Waals surface area contributed by atoms with Crippen LogP contribution in [-0.2, 0) is 10.0 Å². The van der Waals surface area contributed by atoms with Crippen LogP contribution >= 0.6 is 24.2 Å². The van der Waals surface area contributed by atoms with Gasteiger partial charge in [0.05, 0.1) is 6.26 Å². The fourth-order valence-electron chi connectivity index (χ4n) is 1.84. The number of sulfonamides is 1. The molecule has 1 rings (SSSR count). The van der Waals surface area contributed by atoms with Crippen molar-refractivity contribution in [1.82, 2.24) is 4.72 Å². The van der Waals surface area contributed by atoms with E-state index in [0.29, 0.717) is 21.7 Å². The number of nitrogens with one attached hydrogen (secondary N) is 1. The third-order valence-electron chi connectivity index (χ3n) is 2.52. The fraction of sp³-hybridized carbons (Fsp3) is 0.364. The molecule has 1 unspecified atom stereocenters. The minimum Gasteiger partial charge on any atom is -0.282 e. The zero-order valence-electron chi connectivity index (χ0n) is 10.2. The highest BCUT2D eigenvalue weighted by Gasteiger charge is 2.19. The van der Waals surface area contributed by atoms with Gasteiger partial charge in [-0.2, -0.15) is 0 Å². The first kappa shape index (κ1) is 15.5. The number of halogens is 1. The van der Waals surface area contributed by atoms with Crippen LogP contribution in [-0.4, -0.2) is 19.8 Å². The average molecular weight is 308 g/mol. The minimum absolute atomic E-state index is 0.378. The summed E-state index contributed by atoms with van der Waals surface area (Å²) in [5.41, 5.74) is 1.63. The monoisotopic (exact) mass is 307 g/mol. The minimum atomic E-state index is -3.35. The summed E-state index contributed by atoms with van der Waals surface area (Å²) < 4.78 is 24.9. The van der Waals surface area contributed by atoms with Crippen LogP contribution in [0.15, 0.2) is 12.1 Å². The van der Waals surface area contributed by atoms with E-state index >= 15 is 0 Å². The highest BCUT2D eigenvalue weighted by atomic mass is 35.5. The molecule has 0 saturated heterocycles. The lowest BCUT2D eigenvalue weighted by atomic mass is 9.98. The summed E-state index contributed by atoms with van der Waals surface area (Å²) in [6, 6.07) is 2.62. The second kappa shape index (κ2) is 5.61. The first-order valence-corrected chi connectivity index (χ1v) is 7.84. The van der Waals surface area contributed by atoms with Crippen LogP contribution in [0.4, 0.5) is 0 Å². The summed E-state index contributed by atoms with van der Waals surface area (Å²) in [5.74, 6) is 0. The van der Waals surface area contributed by atoms with Gasteiger partial charge < -0.3 is 0 Å². The highest BCUT2D eigenvalue weighted by molar-refractivity contribution is 7.97. The van der Waals surface area contributed by atoms with Crippen molar-refractivity contribution in [3.05, 3.63) is 33.8 Å². The van der Waals surface area contributed by atoms with E-state index in [0.717, 1.165) is 6.26 Å². The van der Waals surface area contributed by atoms with E-state index in [4.69, 9.17) is 11.6 Å². The Morgan fingerprint density at radius 3 is 2.44 bits per heavy atom. The largest absolute Gasteiger partial charge is 0.282 e. The molecular formula is C11H14ClNO3S2. The Balaban J connectivity index is 3.31. The molecule has 0 aliphatic carbocycles. The van der Waals surface area contributed by atoms with E-state index in [1.165, 1.54) is 0 Å². The van der Waals surface area contributed by atoms with Crippen molar-refractivity contribution in [2.24, 2.45) is 0 Å². The van der Waals surface area contributed by atoms with Crippen LogP contribution in [0.25, 0.3) is 0 Å². The molecule has 0 amide bonds. The second-order valence-corrected chi connectivity index (χ2v) is 6.64. The van der Waals surface area contributed by atoms with Crippen molar-refractivity contribution in [3.63, 3.8) is 0 Å². The number of carbonyl (C=O) groups excluding carboxylic acids is 1. The molecule has 0 saturated carbocycles. The molecule has 1 aromatic rings. The summed E-state index contributed by atoms with van der Waals surface area (Å²) in [6.07, 6.45) is 1.07. The Morgan fingerprint density at radius 2 is 2.00 bits per heavy atom. The molecule has 0 spiro atoms. The number of benzene rings is 1. The SMILES string of the molecule is Cc1c(C(=O)S)ccc(Cl)c1C(C)NS(C)(=O)=O. The van der Waals surface area contributed by atoms with E-state index in [2.05, 4.69) is 17.4 Å². The zero-order valence-corrected chi connectivity index (χ0v) is 12.7. The van der Waals surface area contributed by atoms with Gasteiger partial charge in [-0.1, -0.05) is 11.6 Å². The predicted molar refractivity (Wildman–Crippen MR) is 75.9 cm³/mol. The Hall–Kier alpha value is -0.560. The Labute approximate surface area is 117 Å². The topological polar surface area (TPSA) is 63.2 Å².